The van der Waals surface area contributed by atoms with E-state index in [9.17, 15) is 0 Å². The molecule has 0 N–H and O–H groups in total. The zero-order chi connectivity index (χ0) is 12.3. The molecular formula is C15H21ClS. The second-order valence-corrected chi connectivity index (χ2v) is 9.92. The molecule has 0 nitrogen and oxygen atoms in total. The van der Waals surface area contributed by atoms with Crippen molar-refractivity contribution in [2.75, 3.05) is 17.3 Å². The van der Waals surface area contributed by atoms with Gasteiger partial charge in [-0.05, 0) is 49.3 Å². The Morgan fingerprint density at radius 3 is 2.29 bits per heavy atom. The van der Waals surface area contributed by atoms with Crippen LogP contribution in [-0.2, 0) is 0 Å². The largest absolute Gasteiger partial charge is 0.159 e. The van der Waals surface area contributed by atoms with Gasteiger partial charge in [-0.25, -0.2) is 0 Å². The van der Waals surface area contributed by atoms with Gasteiger partial charge in [-0.3, -0.25) is 0 Å². The molecule has 1 aromatic carbocycles. The van der Waals surface area contributed by atoms with E-state index in [1.54, 1.807) is 0 Å². The zero-order valence-corrected chi connectivity index (χ0v) is 12.3. The van der Waals surface area contributed by atoms with E-state index < -0.39 is 9.24 Å². The molecular weight excluding hydrogens is 248 g/mol. The Balaban J connectivity index is 2.15. The molecule has 1 aliphatic heterocycles. The topological polar surface area (TPSA) is 0 Å². The molecule has 0 radical (unpaired) electrons. The molecule has 0 bridgehead atoms. The van der Waals surface area contributed by atoms with Gasteiger partial charge in [-0.1, -0.05) is 46.6 Å². The summed E-state index contributed by atoms with van der Waals surface area (Å²) in [6.07, 6.45) is 2.66. The van der Waals surface area contributed by atoms with E-state index >= 15 is 0 Å². The van der Waals surface area contributed by atoms with E-state index in [2.05, 4.69) is 44.2 Å². The molecule has 0 aromatic heterocycles. The summed E-state index contributed by atoms with van der Waals surface area (Å²) in [7, 11) is 5.90. The van der Waals surface area contributed by atoms with E-state index in [1.807, 2.05) is 0 Å². The van der Waals surface area contributed by atoms with Crippen LogP contribution in [0.4, 0.5) is 0 Å². The van der Waals surface area contributed by atoms with E-state index in [-0.39, 0.29) is 0 Å². The summed E-state index contributed by atoms with van der Waals surface area (Å²) in [6, 6.07) is 10.6. The fraction of sp³-hybridized carbons (Fsp3) is 0.467. The van der Waals surface area contributed by atoms with Gasteiger partial charge in [0.15, 0.2) is 0 Å². The Morgan fingerprint density at radius 1 is 1.12 bits per heavy atom. The third kappa shape index (κ3) is 3.29. The van der Waals surface area contributed by atoms with Crippen LogP contribution >= 0.6 is 19.9 Å². The number of rotatable bonds is 3. The fourth-order valence-electron chi connectivity index (χ4n) is 2.40. The van der Waals surface area contributed by atoms with Gasteiger partial charge in [-0.2, -0.15) is 9.24 Å². The summed E-state index contributed by atoms with van der Waals surface area (Å²) in [5.41, 5.74) is 4.22. The van der Waals surface area contributed by atoms with Gasteiger partial charge >= 0.3 is 0 Å². The lowest BCUT2D eigenvalue weighted by molar-refractivity contribution is 0.949. The highest BCUT2D eigenvalue weighted by Crippen LogP contribution is 2.59. The average Bonchev–Trinajstić information content (AvgIpc) is 2.76. The first-order chi connectivity index (χ1) is 8.11. The Kier molecular flexibility index (Phi) is 4.22. The molecule has 1 aliphatic rings. The second kappa shape index (κ2) is 5.49. The lowest BCUT2D eigenvalue weighted by atomic mass is 10.0. The predicted octanol–water partition coefficient (Wildman–Crippen LogP) is 5.23. The molecule has 94 valence electrons. The smallest absolute Gasteiger partial charge is 0.0113 e. The number of halogens is 1. The van der Waals surface area contributed by atoms with Crippen LogP contribution in [0.5, 0.6) is 0 Å². The van der Waals surface area contributed by atoms with Crippen LogP contribution < -0.4 is 0 Å². The standard InChI is InChI=1S/C15H21ClS/c1-13(12-17(16)10-6-7-11-17)14(2)15-8-4-3-5-9-15/h3-5,8-9H,6-7,10-12H2,1-2H3/b14-13-. The highest BCUT2D eigenvalue weighted by Gasteiger charge is 2.26. The Labute approximate surface area is 111 Å². The summed E-state index contributed by atoms with van der Waals surface area (Å²) in [4.78, 5) is 0. The first kappa shape index (κ1) is 13.0. The molecule has 2 heteroatoms. The van der Waals surface area contributed by atoms with Crippen LogP contribution in [-0.4, -0.2) is 17.3 Å². The van der Waals surface area contributed by atoms with Crippen molar-refractivity contribution in [3.63, 3.8) is 0 Å². The van der Waals surface area contributed by atoms with E-state index in [0.29, 0.717) is 0 Å². The van der Waals surface area contributed by atoms with Crippen molar-refractivity contribution in [3.05, 3.63) is 41.5 Å². The molecule has 0 spiro atoms. The molecule has 0 unspecified atom stereocenters. The van der Waals surface area contributed by atoms with Gasteiger partial charge < -0.3 is 0 Å². The van der Waals surface area contributed by atoms with Crippen molar-refractivity contribution in [1.29, 1.82) is 0 Å². The summed E-state index contributed by atoms with van der Waals surface area (Å²) in [5, 5.41) is 0. The van der Waals surface area contributed by atoms with Gasteiger partial charge in [0, 0.05) is 5.75 Å². The minimum atomic E-state index is -0.842. The lowest BCUT2D eigenvalue weighted by Crippen LogP contribution is -2.02. The number of benzene rings is 1. The van der Waals surface area contributed by atoms with Gasteiger partial charge in [0.05, 0.1) is 0 Å². The molecule has 0 atom stereocenters. The van der Waals surface area contributed by atoms with Crippen LogP contribution in [0.15, 0.2) is 35.9 Å². The normalized spacial score (nSPS) is 22.1. The molecule has 1 aromatic rings. The molecule has 0 saturated carbocycles. The van der Waals surface area contributed by atoms with E-state index in [0.717, 1.165) is 5.75 Å². The third-order valence-corrected chi connectivity index (χ3v) is 7.84. The van der Waals surface area contributed by atoms with Crippen LogP contribution in [0.1, 0.15) is 32.3 Å². The van der Waals surface area contributed by atoms with Crippen LogP contribution in [0.25, 0.3) is 5.57 Å². The Hall–Kier alpha value is -0.400. The molecule has 0 amide bonds. The van der Waals surface area contributed by atoms with Gasteiger partial charge in [-0.15, -0.1) is 0 Å². The number of hydrogen-bond acceptors (Lipinski definition) is 0. The molecule has 2 rings (SSSR count). The zero-order valence-electron chi connectivity index (χ0n) is 10.7. The van der Waals surface area contributed by atoms with Gasteiger partial charge in [0.25, 0.3) is 0 Å². The van der Waals surface area contributed by atoms with Crippen LogP contribution in [0.3, 0.4) is 0 Å². The van der Waals surface area contributed by atoms with Crippen molar-refractivity contribution >= 4 is 25.5 Å². The highest BCUT2D eigenvalue weighted by atomic mass is 35.7. The number of hydrogen-bond donors (Lipinski definition) is 0. The second-order valence-electron chi connectivity index (χ2n) is 4.97. The van der Waals surface area contributed by atoms with Crippen molar-refractivity contribution < 1.29 is 0 Å². The summed E-state index contributed by atoms with van der Waals surface area (Å²) < 4.78 is 0. The molecule has 1 fully saturated rings. The van der Waals surface area contributed by atoms with Crippen LogP contribution in [0, 0.1) is 0 Å². The first-order valence-corrected chi connectivity index (χ1v) is 9.25. The number of allylic oxidation sites excluding steroid dienone is 1. The van der Waals surface area contributed by atoms with Gasteiger partial charge in [0.2, 0.25) is 0 Å². The lowest BCUT2D eigenvalue weighted by Gasteiger charge is -2.28. The Morgan fingerprint density at radius 2 is 1.71 bits per heavy atom. The Bertz CT molecular complexity index is 402. The van der Waals surface area contributed by atoms with E-state index in [1.165, 1.54) is 41.1 Å². The van der Waals surface area contributed by atoms with Gasteiger partial charge in [0.1, 0.15) is 0 Å². The summed E-state index contributed by atoms with van der Waals surface area (Å²) >= 11 is 0. The highest BCUT2D eigenvalue weighted by molar-refractivity contribution is 8.51. The van der Waals surface area contributed by atoms with Crippen LogP contribution in [0.2, 0.25) is 0 Å². The van der Waals surface area contributed by atoms with Crippen molar-refractivity contribution in [2.24, 2.45) is 0 Å². The van der Waals surface area contributed by atoms with Crippen molar-refractivity contribution in [3.8, 4) is 0 Å². The molecule has 1 saturated heterocycles. The maximum Gasteiger partial charge on any atom is 0.0113 e. The predicted molar refractivity (Wildman–Crippen MR) is 82.0 cm³/mol. The first-order valence-electron chi connectivity index (χ1n) is 6.28. The maximum absolute atomic E-state index is 6.75. The summed E-state index contributed by atoms with van der Waals surface area (Å²) in [5.74, 6) is 3.64. The summed E-state index contributed by atoms with van der Waals surface area (Å²) in [6.45, 7) is 4.47. The van der Waals surface area contributed by atoms with Crippen molar-refractivity contribution in [1.82, 2.24) is 0 Å². The molecule has 0 aliphatic carbocycles. The molecule has 1 heterocycles. The van der Waals surface area contributed by atoms with Crippen molar-refractivity contribution in [2.45, 2.75) is 26.7 Å². The SMILES string of the molecule is C/C(CS1(Cl)CCCC1)=C(\C)c1ccccc1. The minimum absolute atomic E-state index is 0.842. The monoisotopic (exact) mass is 268 g/mol. The quantitative estimate of drug-likeness (QED) is 0.704. The van der Waals surface area contributed by atoms with E-state index in [4.69, 9.17) is 10.7 Å². The third-order valence-electron chi connectivity index (χ3n) is 3.59. The minimum Gasteiger partial charge on any atom is -0.159 e. The maximum atomic E-state index is 6.75. The fourth-order valence-corrected chi connectivity index (χ4v) is 6.47. The average molecular weight is 269 g/mol. The molecule has 17 heavy (non-hydrogen) atoms.